The second-order valence-corrected chi connectivity index (χ2v) is 7.06. The average Bonchev–Trinajstić information content (AvgIpc) is 2.72. The van der Waals surface area contributed by atoms with E-state index < -0.39 is 24.0 Å². The smallest absolute Gasteiger partial charge is 0.410 e. The lowest BCUT2D eigenvalue weighted by atomic mass is 9.98. The van der Waals surface area contributed by atoms with Gasteiger partial charge in [0.05, 0.1) is 13.0 Å². The second-order valence-electron chi connectivity index (χ2n) is 7.06. The van der Waals surface area contributed by atoms with Gasteiger partial charge in [0.15, 0.2) is 0 Å². The molecule has 1 N–H and O–H groups in total. The van der Waals surface area contributed by atoms with Crippen LogP contribution < -0.4 is 5.32 Å². The number of likely N-dealkylation sites (tertiary alicyclic amines) is 1. The summed E-state index contributed by atoms with van der Waals surface area (Å²) >= 11 is 0. The lowest BCUT2D eigenvalue weighted by Crippen LogP contribution is -2.58. The third-order valence-electron chi connectivity index (χ3n) is 4.87. The molecule has 1 fully saturated rings. The van der Waals surface area contributed by atoms with Gasteiger partial charge in [-0.05, 0) is 23.3 Å². The van der Waals surface area contributed by atoms with Crippen LogP contribution in [0.3, 0.4) is 0 Å². The number of carbonyl (C=O) groups is 3. The maximum atomic E-state index is 13.1. The number of amides is 2. The molecule has 3 rings (SSSR count). The summed E-state index contributed by atoms with van der Waals surface area (Å²) in [7, 11) is 1.24. The number of nitrogens with zero attached hydrogens (tertiary/aromatic N) is 1. The molecule has 2 aromatic carbocycles. The molecular formula is C22H23FN2O5. The van der Waals surface area contributed by atoms with Gasteiger partial charge in [-0.1, -0.05) is 42.5 Å². The standard InChI is InChI=1S/C22H23FN2O5/c1-29-21(27)19(11-15-7-9-18(23)10-8-15)24-20(26)17-12-25(13-17)22(28)30-14-16-5-3-2-4-6-16/h2-10,17,19H,11-14H2,1H3,(H,24,26)/t19-/m0/s1. The van der Waals surface area contributed by atoms with Gasteiger partial charge >= 0.3 is 12.1 Å². The highest BCUT2D eigenvalue weighted by Gasteiger charge is 2.38. The Morgan fingerprint density at radius 2 is 1.73 bits per heavy atom. The van der Waals surface area contributed by atoms with Gasteiger partial charge in [-0.3, -0.25) is 4.79 Å². The lowest BCUT2D eigenvalue weighted by Gasteiger charge is -2.37. The Bertz CT molecular complexity index is 882. The fourth-order valence-corrected chi connectivity index (χ4v) is 3.09. The molecule has 0 bridgehead atoms. The number of ether oxygens (including phenoxy) is 2. The molecule has 1 saturated heterocycles. The van der Waals surface area contributed by atoms with E-state index in [1.165, 1.54) is 24.1 Å². The topological polar surface area (TPSA) is 84.9 Å². The molecule has 0 saturated carbocycles. The van der Waals surface area contributed by atoms with Crippen molar-refractivity contribution in [2.24, 2.45) is 5.92 Å². The Balaban J connectivity index is 1.47. The first-order valence-electron chi connectivity index (χ1n) is 9.54. The minimum Gasteiger partial charge on any atom is -0.467 e. The minimum absolute atomic E-state index is 0.162. The number of halogens is 1. The van der Waals surface area contributed by atoms with Crippen LogP contribution in [-0.2, 0) is 32.1 Å². The van der Waals surface area contributed by atoms with E-state index in [0.29, 0.717) is 5.56 Å². The highest BCUT2D eigenvalue weighted by Crippen LogP contribution is 2.18. The van der Waals surface area contributed by atoms with Crippen LogP contribution in [-0.4, -0.2) is 49.1 Å². The number of esters is 1. The number of nitrogens with one attached hydrogen (secondary N) is 1. The van der Waals surface area contributed by atoms with E-state index in [-0.39, 0.29) is 37.8 Å². The third-order valence-corrected chi connectivity index (χ3v) is 4.87. The van der Waals surface area contributed by atoms with Crippen molar-refractivity contribution in [3.8, 4) is 0 Å². The van der Waals surface area contributed by atoms with Crippen LogP contribution in [0.25, 0.3) is 0 Å². The molecular weight excluding hydrogens is 391 g/mol. The van der Waals surface area contributed by atoms with Gasteiger partial charge in [0.1, 0.15) is 18.5 Å². The van der Waals surface area contributed by atoms with E-state index in [1.807, 2.05) is 30.3 Å². The Morgan fingerprint density at radius 3 is 2.37 bits per heavy atom. The van der Waals surface area contributed by atoms with Crippen molar-refractivity contribution >= 4 is 18.0 Å². The maximum Gasteiger partial charge on any atom is 0.410 e. The van der Waals surface area contributed by atoms with Crippen LogP contribution in [0, 0.1) is 11.7 Å². The van der Waals surface area contributed by atoms with Crippen molar-refractivity contribution in [3.63, 3.8) is 0 Å². The van der Waals surface area contributed by atoms with Gasteiger partial charge in [0.25, 0.3) is 0 Å². The van der Waals surface area contributed by atoms with E-state index in [2.05, 4.69) is 5.32 Å². The monoisotopic (exact) mass is 414 g/mol. The van der Waals surface area contributed by atoms with Gasteiger partial charge in [-0.2, -0.15) is 0 Å². The van der Waals surface area contributed by atoms with Crippen molar-refractivity contribution < 1.29 is 28.2 Å². The van der Waals surface area contributed by atoms with E-state index in [0.717, 1.165) is 5.56 Å². The predicted octanol–water partition coefficient (Wildman–Crippen LogP) is 2.29. The molecule has 2 amide bonds. The van der Waals surface area contributed by atoms with Crippen LogP contribution in [0.4, 0.5) is 9.18 Å². The maximum absolute atomic E-state index is 13.1. The van der Waals surface area contributed by atoms with E-state index >= 15 is 0 Å². The molecule has 1 aliphatic rings. The van der Waals surface area contributed by atoms with E-state index in [1.54, 1.807) is 12.1 Å². The SMILES string of the molecule is COC(=O)[C@H](Cc1ccc(F)cc1)NC(=O)C1CN(C(=O)OCc2ccccc2)C1. The number of hydrogen-bond acceptors (Lipinski definition) is 5. The lowest BCUT2D eigenvalue weighted by molar-refractivity contribution is -0.146. The number of benzene rings is 2. The molecule has 0 radical (unpaired) electrons. The molecule has 1 aliphatic heterocycles. The van der Waals surface area contributed by atoms with Gasteiger partial charge in [-0.15, -0.1) is 0 Å². The highest BCUT2D eigenvalue weighted by molar-refractivity contribution is 5.87. The molecule has 0 aromatic heterocycles. The van der Waals surface area contributed by atoms with Gasteiger partial charge in [0.2, 0.25) is 5.91 Å². The first-order chi connectivity index (χ1) is 14.5. The molecule has 30 heavy (non-hydrogen) atoms. The van der Waals surface area contributed by atoms with Crippen molar-refractivity contribution in [1.82, 2.24) is 10.2 Å². The summed E-state index contributed by atoms with van der Waals surface area (Å²) in [6.07, 6.45) is -0.312. The van der Waals surface area contributed by atoms with Crippen LogP contribution in [0.5, 0.6) is 0 Å². The van der Waals surface area contributed by atoms with Crippen LogP contribution in [0.1, 0.15) is 11.1 Å². The molecule has 158 valence electrons. The molecule has 7 nitrogen and oxygen atoms in total. The first kappa shape index (κ1) is 21.3. The Hall–Kier alpha value is -3.42. The first-order valence-corrected chi connectivity index (χ1v) is 9.54. The fourth-order valence-electron chi connectivity index (χ4n) is 3.09. The second kappa shape index (κ2) is 9.87. The normalized spacial score (nSPS) is 14.4. The Labute approximate surface area is 173 Å². The van der Waals surface area contributed by atoms with Crippen molar-refractivity contribution in [3.05, 3.63) is 71.5 Å². The summed E-state index contributed by atoms with van der Waals surface area (Å²) < 4.78 is 23.1. The zero-order valence-corrected chi connectivity index (χ0v) is 16.5. The third kappa shape index (κ3) is 5.56. The largest absolute Gasteiger partial charge is 0.467 e. The Morgan fingerprint density at radius 1 is 1.07 bits per heavy atom. The average molecular weight is 414 g/mol. The molecule has 0 spiro atoms. The van der Waals surface area contributed by atoms with Gasteiger partial charge < -0.3 is 19.7 Å². The summed E-state index contributed by atoms with van der Waals surface area (Å²) in [5.41, 5.74) is 1.56. The van der Waals surface area contributed by atoms with Crippen molar-refractivity contribution in [2.75, 3.05) is 20.2 Å². The summed E-state index contributed by atoms with van der Waals surface area (Å²) in [5, 5.41) is 2.66. The van der Waals surface area contributed by atoms with Crippen molar-refractivity contribution in [1.29, 1.82) is 0 Å². The molecule has 2 aromatic rings. The van der Waals surface area contributed by atoms with Crippen molar-refractivity contribution in [2.45, 2.75) is 19.1 Å². The quantitative estimate of drug-likeness (QED) is 0.703. The summed E-state index contributed by atoms with van der Waals surface area (Å²) in [6, 6.07) is 14.1. The summed E-state index contributed by atoms with van der Waals surface area (Å²) in [5.74, 6) is -1.76. The van der Waals surface area contributed by atoms with Crippen LogP contribution in [0.15, 0.2) is 54.6 Å². The number of carbonyl (C=O) groups excluding carboxylic acids is 3. The molecule has 1 heterocycles. The van der Waals surface area contributed by atoms with Crippen LogP contribution >= 0.6 is 0 Å². The molecule has 0 aliphatic carbocycles. The summed E-state index contributed by atoms with van der Waals surface area (Å²) in [6.45, 7) is 0.586. The molecule has 1 atom stereocenters. The van der Waals surface area contributed by atoms with E-state index in [4.69, 9.17) is 9.47 Å². The number of rotatable bonds is 7. The molecule has 8 heteroatoms. The number of hydrogen-bond donors (Lipinski definition) is 1. The summed E-state index contributed by atoms with van der Waals surface area (Å²) in [4.78, 5) is 38.0. The van der Waals surface area contributed by atoms with Gasteiger partial charge in [0, 0.05) is 19.5 Å². The van der Waals surface area contributed by atoms with E-state index in [9.17, 15) is 18.8 Å². The fraction of sp³-hybridized carbons (Fsp3) is 0.318. The van der Waals surface area contributed by atoms with Gasteiger partial charge in [-0.25, -0.2) is 14.0 Å². The number of methoxy groups -OCH3 is 1. The predicted molar refractivity (Wildman–Crippen MR) is 106 cm³/mol. The molecule has 0 unspecified atom stereocenters. The highest BCUT2D eigenvalue weighted by atomic mass is 19.1. The minimum atomic E-state index is -0.896. The zero-order valence-electron chi connectivity index (χ0n) is 16.5. The van der Waals surface area contributed by atoms with Crippen LogP contribution in [0.2, 0.25) is 0 Å². The Kier molecular flexibility index (Phi) is 7.00. The zero-order chi connectivity index (χ0) is 21.5.